The first-order valence-corrected chi connectivity index (χ1v) is 8.66. The summed E-state index contributed by atoms with van der Waals surface area (Å²) in [5.41, 5.74) is 1.04. The zero-order chi connectivity index (χ0) is 15.3. The number of nitrogens with zero attached hydrogens (tertiary/aromatic N) is 1. The Balaban J connectivity index is 1.80. The number of nitrogens with one attached hydrogen (secondary N) is 1. The Morgan fingerprint density at radius 3 is 2.48 bits per heavy atom. The number of hydrogen-bond acceptors (Lipinski definition) is 5. The standard InChI is InChI=1S/C14H15N3O2S2/c15-9-12-3-4-13(20-12)10-17-8-7-11-1-5-14(6-2-11)21(16,18)19/h1-6,17H,7-8,10H2,(H2,16,18,19). The molecule has 0 aliphatic carbocycles. The molecule has 7 heteroatoms. The van der Waals surface area contributed by atoms with E-state index in [1.807, 2.05) is 12.1 Å². The van der Waals surface area contributed by atoms with E-state index in [1.165, 1.54) is 23.5 Å². The van der Waals surface area contributed by atoms with Crippen LogP contribution >= 0.6 is 11.3 Å². The smallest absolute Gasteiger partial charge is 0.238 e. The number of sulfonamides is 1. The molecule has 0 amide bonds. The van der Waals surface area contributed by atoms with Gasteiger partial charge in [0.15, 0.2) is 0 Å². The average molecular weight is 321 g/mol. The Labute approximate surface area is 128 Å². The van der Waals surface area contributed by atoms with Crippen LogP contribution in [0.5, 0.6) is 0 Å². The van der Waals surface area contributed by atoms with Crippen molar-refractivity contribution in [3.63, 3.8) is 0 Å². The molecule has 5 nitrogen and oxygen atoms in total. The number of nitriles is 1. The molecule has 21 heavy (non-hydrogen) atoms. The van der Waals surface area contributed by atoms with Crippen LogP contribution in [0.25, 0.3) is 0 Å². The Hall–Kier alpha value is -1.72. The minimum absolute atomic E-state index is 0.127. The van der Waals surface area contributed by atoms with Crippen LogP contribution in [-0.2, 0) is 23.0 Å². The van der Waals surface area contributed by atoms with E-state index in [4.69, 9.17) is 10.4 Å². The first-order chi connectivity index (χ1) is 9.99. The zero-order valence-corrected chi connectivity index (χ0v) is 12.9. The van der Waals surface area contributed by atoms with Crippen molar-refractivity contribution < 1.29 is 8.42 Å². The van der Waals surface area contributed by atoms with E-state index >= 15 is 0 Å². The van der Waals surface area contributed by atoms with Crippen LogP contribution in [0, 0.1) is 11.3 Å². The highest BCUT2D eigenvalue weighted by Crippen LogP contribution is 2.14. The summed E-state index contributed by atoms with van der Waals surface area (Å²) >= 11 is 1.48. The number of hydrogen-bond donors (Lipinski definition) is 2. The fourth-order valence-electron chi connectivity index (χ4n) is 1.82. The number of nitrogens with two attached hydrogens (primary N) is 1. The van der Waals surface area contributed by atoms with Crippen LogP contribution in [-0.4, -0.2) is 15.0 Å². The molecule has 2 aromatic rings. The fourth-order valence-corrected chi connectivity index (χ4v) is 3.11. The van der Waals surface area contributed by atoms with Gasteiger partial charge in [0.05, 0.1) is 4.90 Å². The quantitative estimate of drug-likeness (QED) is 0.790. The molecule has 0 aliphatic rings. The summed E-state index contributed by atoms with van der Waals surface area (Å²) in [6, 6.07) is 12.4. The topological polar surface area (TPSA) is 96.0 Å². The Morgan fingerprint density at radius 2 is 1.90 bits per heavy atom. The van der Waals surface area contributed by atoms with Crippen molar-refractivity contribution in [2.24, 2.45) is 5.14 Å². The lowest BCUT2D eigenvalue weighted by molar-refractivity contribution is 0.597. The Kier molecular flexibility index (Phi) is 5.09. The maximum atomic E-state index is 11.1. The third kappa shape index (κ3) is 4.65. The van der Waals surface area contributed by atoms with Crippen molar-refractivity contribution in [2.75, 3.05) is 6.54 Å². The average Bonchev–Trinajstić information content (AvgIpc) is 2.91. The normalized spacial score (nSPS) is 11.2. The number of thiophene rings is 1. The van der Waals surface area contributed by atoms with E-state index in [9.17, 15) is 8.42 Å². The van der Waals surface area contributed by atoms with Gasteiger partial charge >= 0.3 is 0 Å². The molecule has 0 saturated carbocycles. The largest absolute Gasteiger partial charge is 0.312 e. The molecular formula is C14H15N3O2S2. The van der Waals surface area contributed by atoms with Crippen LogP contribution in [0.2, 0.25) is 0 Å². The lowest BCUT2D eigenvalue weighted by Crippen LogP contribution is -2.16. The molecule has 0 bridgehead atoms. The summed E-state index contributed by atoms with van der Waals surface area (Å²) in [4.78, 5) is 1.96. The van der Waals surface area contributed by atoms with Crippen molar-refractivity contribution in [2.45, 2.75) is 17.9 Å². The van der Waals surface area contributed by atoms with E-state index in [1.54, 1.807) is 12.1 Å². The number of benzene rings is 1. The first-order valence-electron chi connectivity index (χ1n) is 6.30. The summed E-state index contributed by atoms with van der Waals surface area (Å²) in [6.07, 6.45) is 0.793. The minimum Gasteiger partial charge on any atom is -0.312 e. The third-order valence-corrected chi connectivity index (χ3v) is 4.83. The van der Waals surface area contributed by atoms with Gasteiger partial charge in [-0.3, -0.25) is 0 Å². The van der Waals surface area contributed by atoms with E-state index in [-0.39, 0.29) is 4.90 Å². The van der Waals surface area contributed by atoms with E-state index in [0.717, 1.165) is 30.0 Å². The lowest BCUT2D eigenvalue weighted by atomic mass is 10.1. The second-order valence-electron chi connectivity index (χ2n) is 4.49. The summed E-state index contributed by atoms with van der Waals surface area (Å²) in [6.45, 7) is 1.50. The van der Waals surface area contributed by atoms with Gasteiger partial charge in [-0.15, -0.1) is 11.3 Å². The van der Waals surface area contributed by atoms with Gasteiger partial charge in [0.1, 0.15) is 10.9 Å². The molecule has 110 valence electrons. The van der Waals surface area contributed by atoms with Gasteiger partial charge in [-0.25, -0.2) is 13.6 Å². The van der Waals surface area contributed by atoms with Gasteiger partial charge in [0, 0.05) is 11.4 Å². The predicted molar refractivity (Wildman–Crippen MR) is 82.3 cm³/mol. The van der Waals surface area contributed by atoms with Crippen LogP contribution in [0.1, 0.15) is 15.3 Å². The van der Waals surface area contributed by atoms with Gasteiger partial charge in [-0.05, 0) is 42.8 Å². The second-order valence-corrected chi connectivity index (χ2v) is 7.22. The van der Waals surface area contributed by atoms with E-state index in [0.29, 0.717) is 4.88 Å². The predicted octanol–water partition coefficient (Wildman–Crippen LogP) is 1.60. The van der Waals surface area contributed by atoms with Crippen molar-refractivity contribution in [3.8, 4) is 6.07 Å². The highest BCUT2D eigenvalue weighted by atomic mass is 32.2. The number of rotatable bonds is 6. The summed E-state index contributed by atoms with van der Waals surface area (Å²) < 4.78 is 22.3. The van der Waals surface area contributed by atoms with Crippen molar-refractivity contribution in [3.05, 3.63) is 51.7 Å². The van der Waals surface area contributed by atoms with Gasteiger partial charge in [0.25, 0.3) is 0 Å². The molecule has 0 radical (unpaired) electrons. The molecule has 3 N–H and O–H groups in total. The van der Waals surface area contributed by atoms with Crippen LogP contribution in [0.4, 0.5) is 0 Å². The van der Waals surface area contributed by atoms with Crippen LogP contribution in [0.3, 0.4) is 0 Å². The van der Waals surface area contributed by atoms with Gasteiger partial charge in [-0.1, -0.05) is 12.1 Å². The maximum Gasteiger partial charge on any atom is 0.238 e. The molecule has 0 saturated heterocycles. The van der Waals surface area contributed by atoms with E-state index in [2.05, 4.69) is 11.4 Å². The maximum absolute atomic E-state index is 11.1. The van der Waals surface area contributed by atoms with Crippen LogP contribution < -0.4 is 10.5 Å². The molecule has 0 unspecified atom stereocenters. The van der Waals surface area contributed by atoms with E-state index < -0.39 is 10.0 Å². The summed E-state index contributed by atoms with van der Waals surface area (Å²) in [5.74, 6) is 0. The van der Waals surface area contributed by atoms with Gasteiger partial charge in [0.2, 0.25) is 10.0 Å². The van der Waals surface area contributed by atoms with Gasteiger partial charge < -0.3 is 5.32 Å². The molecule has 1 heterocycles. The monoisotopic (exact) mass is 321 g/mol. The molecule has 1 aromatic heterocycles. The Morgan fingerprint density at radius 1 is 1.19 bits per heavy atom. The summed E-state index contributed by atoms with van der Waals surface area (Å²) in [7, 11) is -3.62. The molecule has 0 atom stereocenters. The Bertz CT molecular complexity index is 743. The molecule has 1 aromatic carbocycles. The van der Waals surface area contributed by atoms with Crippen molar-refractivity contribution in [1.82, 2.24) is 5.32 Å². The zero-order valence-electron chi connectivity index (χ0n) is 11.2. The fraction of sp³-hybridized carbons (Fsp3) is 0.214. The second kappa shape index (κ2) is 6.83. The molecule has 0 aliphatic heterocycles. The molecule has 0 fully saturated rings. The van der Waals surface area contributed by atoms with Crippen molar-refractivity contribution >= 4 is 21.4 Å². The third-order valence-electron chi connectivity index (χ3n) is 2.91. The molecular weight excluding hydrogens is 306 g/mol. The summed E-state index contributed by atoms with van der Waals surface area (Å²) in [5, 5.41) is 17.1. The lowest BCUT2D eigenvalue weighted by Gasteiger charge is -2.04. The highest BCUT2D eigenvalue weighted by molar-refractivity contribution is 7.89. The van der Waals surface area contributed by atoms with Crippen LogP contribution in [0.15, 0.2) is 41.3 Å². The highest BCUT2D eigenvalue weighted by Gasteiger charge is 2.06. The minimum atomic E-state index is -3.62. The first kappa shape index (κ1) is 15.7. The van der Waals surface area contributed by atoms with Crippen molar-refractivity contribution in [1.29, 1.82) is 5.26 Å². The molecule has 0 spiro atoms. The SMILES string of the molecule is N#Cc1ccc(CNCCc2ccc(S(N)(=O)=O)cc2)s1. The molecule has 2 rings (SSSR count). The number of primary sulfonamides is 1. The van der Waals surface area contributed by atoms with Gasteiger partial charge in [-0.2, -0.15) is 5.26 Å².